The minimum absolute atomic E-state index is 0.522. The maximum atomic E-state index is 4.77. The first kappa shape index (κ1) is 12.9. The normalized spacial score (nSPS) is 26.4. The first-order valence-electron chi connectivity index (χ1n) is 7.73. The molecule has 1 aromatic rings. The maximum Gasteiger partial charge on any atom is 0.244 e. The van der Waals surface area contributed by atoms with Crippen LogP contribution in [0.25, 0.3) is 0 Å². The molecule has 106 valence electrons. The lowest BCUT2D eigenvalue weighted by Gasteiger charge is -2.30. The van der Waals surface area contributed by atoms with E-state index >= 15 is 0 Å². The second-order valence-electron chi connectivity index (χ2n) is 6.01. The molecule has 1 aliphatic heterocycles. The van der Waals surface area contributed by atoms with Crippen LogP contribution in [0.15, 0.2) is 0 Å². The summed E-state index contributed by atoms with van der Waals surface area (Å²) in [6.07, 6.45) is 7.98. The summed E-state index contributed by atoms with van der Waals surface area (Å²) in [5, 5.41) is 11.1. The van der Waals surface area contributed by atoms with Crippen molar-refractivity contribution in [2.45, 2.75) is 57.4 Å². The maximum absolute atomic E-state index is 4.77. The van der Waals surface area contributed by atoms with Gasteiger partial charge in [-0.3, -0.25) is 5.10 Å². The highest BCUT2D eigenvalue weighted by Gasteiger charge is 2.22. The Morgan fingerprint density at radius 3 is 2.68 bits per heavy atom. The summed E-state index contributed by atoms with van der Waals surface area (Å²) in [5.41, 5.74) is 0. The fourth-order valence-corrected chi connectivity index (χ4v) is 3.26. The van der Waals surface area contributed by atoms with Gasteiger partial charge < -0.3 is 10.2 Å². The van der Waals surface area contributed by atoms with Gasteiger partial charge in [0.1, 0.15) is 5.82 Å². The Labute approximate surface area is 115 Å². The van der Waals surface area contributed by atoms with E-state index in [2.05, 4.69) is 27.3 Å². The molecule has 0 spiro atoms. The molecule has 2 N–H and O–H groups in total. The van der Waals surface area contributed by atoms with Crippen LogP contribution in [0, 0.1) is 0 Å². The molecule has 0 bridgehead atoms. The van der Waals surface area contributed by atoms with Crippen molar-refractivity contribution in [3.63, 3.8) is 0 Å². The van der Waals surface area contributed by atoms with Crippen molar-refractivity contribution in [1.82, 2.24) is 20.5 Å². The molecule has 5 nitrogen and oxygen atoms in total. The molecule has 1 saturated heterocycles. The lowest BCUT2D eigenvalue weighted by molar-refractivity contribution is 0.479. The Kier molecular flexibility index (Phi) is 4.01. The topological polar surface area (TPSA) is 56.8 Å². The first-order valence-corrected chi connectivity index (χ1v) is 7.73. The van der Waals surface area contributed by atoms with E-state index in [0.29, 0.717) is 12.0 Å². The van der Waals surface area contributed by atoms with Crippen LogP contribution in [0.4, 0.5) is 5.95 Å². The highest BCUT2D eigenvalue weighted by Crippen LogP contribution is 2.30. The molecule has 1 aliphatic carbocycles. The Balaban J connectivity index is 1.68. The van der Waals surface area contributed by atoms with Crippen LogP contribution in [0.3, 0.4) is 0 Å². The smallest absolute Gasteiger partial charge is 0.244 e. The standard InChI is InChI=1S/C14H25N5/c1-11-10-19(9-8-15-11)14-16-13(17-18-14)12-6-4-2-3-5-7-12/h11-12,15H,2-10H2,1H3,(H,16,17,18)/t11-/m0/s1. The Bertz CT molecular complexity index is 378. The average Bonchev–Trinajstić information content (AvgIpc) is 2.75. The van der Waals surface area contributed by atoms with E-state index < -0.39 is 0 Å². The molecule has 0 aromatic carbocycles. The van der Waals surface area contributed by atoms with Crippen molar-refractivity contribution < 1.29 is 0 Å². The van der Waals surface area contributed by atoms with Gasteiger partial charge in [0, 0.05) is 31.6 Å². The lowest BCUT2D eigenvalue weighted by atomic mass is 10.00. The van der Waals surface area contributed by atoms with Crippen molar-refractivity contribution in [3.05, 3.63) is 5.82 Å². The van der Waals surface area contributed by atoms with Crippen LogP contribution in [0.5, 0.6) is 0 Å². The zero-order chi connectivity index (χ0) is 13.1. The number of nitrogens with one attached hydrogen (secondary N) is 2. The Hall–Kier alpha value is -1.10. The number of piperazine rings is 1. The summed E-state index contributed by atoms with van der Waals surface area (Å²) in [7, 11) is 0. The fraction of sp³-hybridized carbons (Fsp3) is 0.857. The average molecular weight is 263 g/mol. The van der Waals surface area contributed by atoms with Crippen molar-refractivity contribution in [2.24, 2.45) is 0 Å². The molecule has 0 amide bonds. The molecular formula is C14H25N5. The molecule has 1 aromatic heterocycles. The number of anilines is 1. The molecule has 0 unspecified atom stereocenters. The second-order valence-corrected chi connectivity index (χ2v) is 6.01. The van der Waals surface area contributed by atoms with Gasteiger partial charge in [-0.1, -0.05) is 25.7 Å². The molecule has 5 heteroatoms. The summed E-state index contributed by atoms with van der Waals surface area (Å²) in [5.74, 6) is 2.61. The van der Waals surface area contributed by atoms with Gasteiger partial charge in [-0.05, 0) is 19.8 Å². The van der Waals surface area contributed by atoms with Gasteiger partial charge in [0.2, 0.25) is 5.95 Å². The predicted molar refractivity (Wildman–Crippen MR) is 76.5 cm³/mol. The highest BCUT2D eigenvalue weighted by molar-refractivity contribution is 5.30. The van der Waals surface area contributed by atoms with E-state index in [1.165, 1.54) is 38.5 Å². The van der Waals surface area contributed by atoms with E-state index in [1.54, 1.807) is 0 Å². The number of hydrogen-bond donors (Lipinski definition) is 2. The highest BCUT2D eigenvalue weighted by atomic mass is 15.4. The van der Waals surface area contributed by atoms with Crippen LogP contribution in [-0.2, 0) is 0 Å². The van der Waals surface area contributed by atoms with E-state index in [1.807, 2.05) is 0 Å². The summed E-state index contributed by atoms with van der Waals surface area (Å²) in [6.45, 7) is 5.24. The number of aromatic amines is 1. The third kappa shape index (κ3) is 3.08. The second kappa shape index (κ2) is 5.90. The third-order valence-corrected chi connectivity index (χ3v) is 4.38. The van der Waals surface area contributed by atoms with Crippen LogP contribution in [0.2, 0.25) is 0 Å². The summed E-state index contributed by atoms with van der Waals surface area (Å²) in [6, 6.07) is 0.522. The monoisotopic (exact) mass is 263 g/mol. The fourth-order valence-electron chi connectivity index (χ4n) is 3.26. The molecule has 19 heavy (non-hydrogen) atoms. The number of aromatic nitrogens is 3. The molecule has 1 atom stereocenters. The van der Waals surface area contributed by atoms with Gasteiger partial charge in [0.15, 0.2) is 0 Å². The molecule has 1 saturated carbocycles. The van der Waals surface area contributed by atoms with E-state index in [4.69, 9.17) is 4.98 Å². The molecule has 3 rings (SSSR count). The summed E-state index contributed by atoms with van der Waals surface area (Å²) in [4.78, 5) is 7.05. The van der Waals surface area contributed by atoms with Gasteiger partial charge >= 0.3 is 0 Å². The first-order chi connectivity index (χ1) is 9.33. The van der Waals surface area contributed by atoms with Crippen LogP contribution in [-0.4, -0.2) is 40.9 Å². The largest absolute Gasteiger partial charge is 0.337 e. The quantitative estimate of drug-likeness (QED) is 0.802. The van der Waals surface area contributed by atoms with Crippen molar-refractivity contribution >= 4 is 5.95 Å². The number of hydrogen-bond acceptors (Lipinski definition) is 4. The predicted octanol–water partition coefficient (Wildman–Crippen LogP) is 2.04. The van der Waals surface area contributed by atoms with Gasteiger partial charge in [-0.2, -0.15) is 4.98 Å². The Morgan fingerprint density at radius 1 is 1.16 bits per heavy atom. The lowest BCUT2D eigenvalue weighted by Crippen LogP contribution is -2.49. The SMILES string of the molecule is C[C@H]1CN(c2n[nH]c(C3CCCCCC3)n2)CCN1. The van der Waals surface area contributed by atoms with Crippen molar-refractivity contribution in [1.29, 1.82) is 0 Å². The number of H-pyrrole nitrogens is 1. The minimum Gasteiger partial charge on any atom is -0.337 e. The van der Waals surface area contributed by atoms with Crippen LogP contribution < -0.4 is 10.2 Å². The van der Waals surface area contributed by atoms with Gasteiger partial charge in [0.25, 0.3) is 0 Å². The summed E-state index contributed by atoms with van der Waals surface area (Å²) >= 11 is 0. The molecule has 2 heterocycles. The molecule has 2 fully saturated rings. The van der Waals surface area contributed by atoms with E-state index in [0.717, 1.165) is 31.4 Å². The van der Waals surface area contributed by atoms with E-state index in [-0.39, 0.29) is 0 Å². The van der Waals surface area contributed by atoms with Gasteiger partial charge in [0.05, 0.1) is 0 Å². The zero-order valence-corrected chi connectivity index (χ0v) is 11.9. The number of rotatable bonds is 2. The third-order valence-electron chi connectivity index (χ3n) is 4.38. The molecule has 0 radical (unpaired) electrons. The van der Waals surface area contributed by atoms with Crippen molar-refractivity contribution in [2.75, 3.05) is 24.5 Å². The van der Waals surface area contributed by atoms with E-state index in [9.17, 15) is 0 Å². The van der Waals surface area contributed by atoms with Crippen LogP contribution >= 0.6 is 0 Å². The zero-order valence-electron chi connectivity index (χ0n) is 11.9. The minimum atomic E-state index is 0.522. The molecule has 2 aliphatic rings. The van der Waals surface area contributed by atoms with Gasteiger partial charge in [-0.15, -0.1) is 5.10 Å². The van der Waals surface area contributed by atoms with Gasteiger partial charge in [-0.25, -0.2) is 0 Å². The molecular weight excluding hydrogens is 238 g/mol. The van der Waals surface area contributed by atoms with Crippen molar-refractivity contribution in [3.8, 4) is 0 Å². The summed E-state index contributed by atoms with van der Waals surface area (Å²) < 4.78 is 0. The Morgan fingerprint density at radius 2 is 1.95 bits per heavy atom. The van der Waals surface area contributed by atoms with Crippen LogP contribution in [0.1, 0.15) is 57.2 Å². The number of nitrogens with zero attached hydrogens (tertiary/aromatic N) is 3.